The van der Waals surface area contributed by atoms with Gasteiger partial charge >= 0.3 is 12.6 Å². The van der Waals surface area contributed by atoms with E-state index in [1.165, 1.54) is 36.4 Å². The third-order valence-corrected chi connectivity index (χ3v) is 4.94. The van der Waals surface area contributed by atoms with Crippen LogP contribution in [0.5, 0.6) is 5.75 Å². The summed E-state index contributed by atoms with van der Waals surface area (Å²) in [6.07, 6.45) is 2.83. The van der Waals surface area contributed by atoms with Crippen molar-refractivity contribution in [2.24, 2.45) is 0 Å². The Morgan fingerprint density at radius 3 is 2.21 bits per heavy atom. The summed E-state index contributed by atoms with van der Waals surface area (Å²) in [6.45, 7) is -3.42. The highest BCUT2D eigenvalue weighted by atomic mass is 19.3. The zero-order valence-electron chi connectivity index (χ0n) is 15.5. The van der Waals surface area contributed by atoms with Crippen LogP contribution in [-0.2, 0) is 19.7 Å². The molecule has 1 aliphatic rings. The molecule has 0 radical (unpaired) electrons. The fourth-order valence-electron chi connectivity index (χ4n) is 3.54. The third kappa shape index (κ3) is 5.07. The number of halogens is 3. The van der Waals surface area contributed by atoms with E-state index in [-0.39, 0.29) is 11.6 Å². The summed E-state index contributed by atoms with van der Waals surface area (Å²) < 4.78 is 47.0. The normalized spacial score (nSPS) is 15.2. The molecule has 2 aromatic carbocycles. The molecule has 0 atom stereocenters. The van der Waals surface area contributed by atoms with Crippen molar-refractivity contribution < 1.29 is 32.2 Å². The molecule has 1 fully saturated rings. The van der Waals surface area contributed by atoms with Crippen LogP contribution in [0.1, 0.15) is 31.2 Å². The smallest absolute Gasteiger partial charge is 0.387 e. The Bertz CT molecular complexity index is 847. The zero-order chi connectivity index (χ0) is 20.9. The van der Waals surface area contributed by atoms with Gasteiger partial charge in [-0.1, -0.05) is 25.0 Å². The number of ether oxygens (including phenoxy) is 2. The molecular weight excluding hydrogens is 387 g/mol. The summed E-state index contributed by atoms with van der Waals surface area (Å²) in [4.78, 5) is 24.9. The Balaban J connectivity index is 1.58. The van der Waals surface area contributed by atoms with Crippen molar-refractivity contribution in [3.05, 3.63) is 59.9 Å². The second kappa shape index (κ2) is 8.98. The molecule has 154 valence electrons. The summed E-state index contributed by atoms with van der Waals surface area (Å²) in [5.74, 6) is -1.50. The molecule has 0 spiro atoms. The minimum atomic E-state index is -2.93. The second-order valence-corrected chi connectivity index (χ2v) is 6.82. The van der Waals surface area contributed by atoms with Crippen LogP contribution < -0.4 is 10.1 Å². The van der Waals surface area contributed by atoms with Crippen molar-refractivity contribution in [3.63, 3.8) is 0 Å². The molecule has 0 aliphatic heterocycles. The number of hydrogen-bond acceptors (Lipinski definition) is 4. The number of alkyl halides is 2. The van der Waals surface area contributed by atoms with Crippen molar-refractivity contribution in [1.29, 1.82) is 0 Å². The molecule has 0 unspecified atom stereocenters. The molecule has 3 rings (SSSR count). The van der Waals surface area contributed by atoms with Gasteiger partial charge in [0.15, 0.2) is 6.61 Å². The van der Waals surface area contributed by atoms with Crippen molar-refractivity contribution in [1.82, 2.24) is 0 Å². The molecule has 29 heavy (non-hydrogen) atoms. The molecule has 1 aliphatic carbocycles. The van der Waals surface area contributed by atoms with Crippen LogP contribution in [-0.4, -0.2) is 25.1 Å². The van der Waals surface area contributed by atoms with Gasteiger partial charge in [0.2, 0.25) is 0 Å². The van der Waals surface area contributed by atoms with E-state index in [0.717, 1.165) is 12.8 Å². The first-order valence-electron chi connectivity index (χ1n) is 9.17. The minimum Gasteiger partial charge on any atom is -0.455 e. The van der Waals surface area contributed by atoms with Gasteiger partial charge in [0, 0.05) is 5.69 Å². The van der Waals surface area contributed by atoms with E-state index in [2.05, 4.69) is 10.1 Å². The van der Waals surface area contributed by atoms with E-state index >= 15 is 0 Å². The highest BCUT2D eigenvalue weighted by Crippen LogP contribution is 2.42. The van der Waals surface area contributed by atoms with Gasteiger partial charge < -0.3 is 14.8 Å². The molecule has 0 aromatic heterocycles. The molecule has 0 saturated heterocycles. The molecule has 2 aromatic rings. The van der Waals surface area contributed by atoms with Crippen LogP contribution in [0.4, 0.5) is 18.9 Å². The number of esters is 1. The van der Waals surface area contributed by atoms with Gasteiger partial charge in [0.25, 0.3) is 5.91 Å². The molecule has 8 heteroatoms. The quantitative estimate of drug-likeness (QED) is 0.690. The molecule has 5 nitrogen and oxygen atoms in total. The number of benzene rings is 2. The predicted molar refractivity (Wildman–Crippen MR) is 99.2 cm³/mol. The Kier molecular flexibility index (Phi) is 6.41. The maximum absolute atomic E-state index is 13.2. The number of carbonyl (C=O) groups excluding carboxylic acids is 2. The largest absolute Gasteiger partial charge is 0.455 e. The van der Waals surface area contributed by atoms with E-state index in [9.17, 15) is 22.8 Å². The van der Waals surface area contributed by atoms with Gasteiger partial charge in [-0.15, -0.1) is 0 Å². The van der Waals surface area contributed by atoms with Crippen LogP contribution in [0.2, 0.25) is 0 Å². The summed E-state index contributed by atoms with van der Waals surface area (Å²) in [7, 11) is 0. The van der Waals surface area contributed by atoms with E-state index in [1.54, 1.807) is 12.1 Å². The Hall–Kier alpha value is -3.03. The molecule has 0 bridgehead atoms. The molecular formula is C21H20F3NO4. The maximum Gasteiger partial charge on any atom is 0.387 e. The molecule has 0 heterocycles. The lowest BCUT2D eigenvalue weighted by atomic mass is 9.79. The van der Waals surface area contributed by atoms with Crippen molar-refractivity contribution in [3.8, 4) is 5.75 Å². The van der Waals surface area contributed by atoms with E-state index in [0.29, 0.717) is 24.1 Å². The number of nitrogens with one attached hydrogen (secondary N) is 1. The molecule has 1 saturated carbocycles. The Morgan fingerprint density at radius 2 is 1.62 bits per heavy atom. The van der Waals surface area contributed by atoms with E-state index < -0.39 is 30.5 Å². The Labute approximate surface area is 165 Å². The number of amides is 1. The fourth-order valence-corrected chi connectivity index (χ4v) is 3.54. The zero-order valence-corrected chi connectivity index (χ0v) is 15.5. The lowest BCUT2D eigenvalue weighted by Crippen LogP contribution is -2.36. The lowest BCUT2D eigenvalue weighted by Gasteiger charge is -2.27. The number of hydrogen-bond donors (Lipinski definition) is 1. The summed E-state index contributed by atoms with van der Waals surface area (Å²) in [6, 6.07) is 11.1. The molecule has 1 amide bonds. The van der Waals surface area contributed by atoms with E-state index in [1.807, 2.05) is 0 Å². The minimum absolute atomic E-state index is 0.0353. The van der Waals surface area contributed by atoms with Crippen LogP contribution in [0.15, 0.2) is 48.5 Å². The van der Waals surface area contributed by atoms with Gasteiger partial charge in [0.05, 0.1) is 5.41 Å². The SMILES string of the molecule is O=C(COC(=O)C1(c2ccc(F)cc2)CCCC1)Nc1ccc(OC(F)F)cc1. The topological polar surface area (TPSA) is 64.6 Å². The van der Waals surface area contributed by atoms with Crippen LogP contribution in [0, 0.1) is 5.82 Å². The lowest BCUT2D eigenvalue weighted by molar-refractivity contribution is -0.153. The van der Waals surface area contributed by atoms with Crippen LogP contribution in [0.3, 0.4) is 0 Å². The standard InChI is InChI=1S/C21H20F3NO4/c22-15-5-3-14(4-6-15)21(11-1-2-12-21)19(27)28-13-18(26)25-16-7-9-17(10-8-16)29-20(23)24/h3-10,20H,1-2,11-13H2,(H,25,26). The highest BCUT2D eigenvalue weighted by Gasteiger charge is 2.44. The molecule has 1 N–H and O–H groups in total. The average molecular weight is 407 g/mol. The average Bonchev–Trinajstić information content (AvgIpc) is 3.19. The van der Waals surface area contributed by atoms with Crippen molar-refractivity contribution >= 4 is 17.6 Å². The third-order valence-electron chi connectivity index (χ3n) is 4.94. The maximum atomic E-state index is 13.2. The van der Waals surface area contributed by atoms with Crippen LogP contribution >= 0.6 is 0 Å². The number of rotatable bonds is 7. The van der Waals surface area contributed by atoms with Gasteiger partial charge in [-0.25, -0.2) is 4.39 Å². The number of anilines is 1. The van der Waals surface area contributed by atoms with Gasteiger partial charge in [-0.2, -0.15) is 8.78 Å². The number of carbonyl (C=O) groups is 2. The van der Waals surface area contributed by atoms with Crippen molar-refractivity contribution in [2.45, 2.75) is 37.7 Å². The second-order valence-electron chi connectivity index (χ2n) is 6.82. The summed E-state index contributed by atoms with van der Waals surface area (Å²) >= 11 is 0. The first-order valence-corrected chi connectivity index (χ1v) is 9.17. The summed E-state index contributed by atoms with van der Waals surface area (Å²) in [5, 5.41) is 2.52. The Morgan fingerprint density at radius 1 is 1.00 bits per heavy atom. The van der Waals surface area contributed by atoms with Crippen molar-refractivity contribution in [2.75, 3.05) is 11.9 Å². The first kappa shape index (κ1) is 20.7. The summed E-state index contributed by atoms with van der Waals surface area (Å²) in [5.41, 5.74) is 0.153. The van der Waals surface area contributed by atoms with Crippen LogP contribution in [0.25, 0.3) is 0 Å². The highest BCUT2D eigenvalue weighted by molar-refractivity contribution is 5.94. The van der Waals surface area contributed by atoms with Gasteiger partial charge in [0.1, 0.15) is 11.6 Å². The predicted octanol–water partition coefficient (Wildman–Crippen LogP) is 4.42. The first-order chi connectivity index (χ1) is 13.9. The monoisotopic (exact) mass is 407 g/mol. The fraction of sp³-hybridized carbons (Fsp3) is 0.333. The van der Waals surface area contributed by atoms with Gasteiger partial charge in [-0.3, -0.25) is 9.59 Å². The van der Waals surface area contributed by atoms with E-state index in [4.69, 9.17) is 4.74 Å². The van der Waals surface area contributed by atoms with Gasteiger partial charge in [-0.05, 0) is 54.8 Å².